The van der Waals surface area contributed by atoms with E-state index in [1.165, 1.54) is 0 Å². The Morgan fingerprint density at radius 2 is 1.71 bits per heavy atom. The molecule has 0 fully saturated rings. The molecule has 2 heterocycles. The van der Waals surface area contributed by atoms with Crippen molar-refractivity contribution >= 4 is 11.7 Å². The minimum absolute atomic E-state index is 0.00185. The number of carbonyl (C=O) groups excluding carboxylic acids is 1. The second-order valence-electron chi connectivity index (χ2n) is 8.21. The van der Waals surface area contributed by atoms with Crippen LogP contribution in [0, 0.1) is 13.8 Å². The average Bonchev–Trinajstić information content (AvgIpc) is 3.28. The normalized spacial score (nSPS) is 11.9. The lowest BCUT2D eigenvalue weighted by atomic mass is 10.1. The summed E-state index contributed by atoms with van der Waals surface area (Å²) in [5.74, 6) is 2.35. The Bertz CT molecular complexity index is 1300. The highest BCUT2D eigenvalue weighted by atomic mass is 16.5. The van der Waals surface area contributed by atoms with Crippen molar-refractivity contribution in [3.8, 4) is 22.9 Å². The first-order valence-electron chi connectivity index (χ1n) is 11.2. The van der Waals surface area contributed by atoms with Gasteiger partial charge in [-0.05, 0) is 50.5 Å². The summed E-state index contributed by atoms with van der Waals surface area (Å²) < 4.78 is 12.5. The predicted octanol–water partition coefficient (Wildman–Crippen LogP) is 4.24. The quantitative estimate of drug-likeness (QED) is 0.424. The fourth-order valence-electron chi connectivity index (χ4n) is 4.01. The summed E-state index contributed by atoms with van der Waals surface area (Å²) >= 11 is 0. The zero-order valence-electron chi connectivity index (χ0n) is 20.1. The number of benzene rings is 2. The van der Waals surface area contributed by atoms with E-state index in [1.807, 2.05) is 63.2 Å². The maximum Gasteiger partial charge on any atom is 0.253 e. The highest BCUT2D eigenvalue weighted by Crippen LogP contribution is 2.28. The van der Waals surface area contributed by atoms with Gasteiger partial charge in [0.1, 0.15) is 11.5 Å². The van der Waals surface area contributed by atoms with Gasteiger partial charge in [0.15, 0.2) is 5.82 Å². The van der Waals surface area contributed by atoms with Crippen LogP contribution in [-0.2, 0) is 11.2 Å². The van der Waals surface area contributed by atoms with Crippen molar-refractivity contribution in [1.29, 1.82) is 0 Å². The van der Waals surface area contributed by atoms with Crippen LogP contribution in [0.4, 0.5) is 0 Å². The van der Waals surface area contributed by atoms with Crippen molar-refractivity contribution in [2.75, 3.05) is 14.2 Å². The number of nitrogens with one attached hydrogen (secondary N) is 1. The zero-order chi connectivity index (χ0) is 24.2. The highest BCUT2D eigenvalue weighted by molar-refractivity contribution is 5.76. The van der Waals surface area contributed by atoms with E-state index in [0.29, 0.717) is 35.9 Å². The van der Waals surface area contributed by atoms with E-state index in [2.05, 4.69) is 20.4 Å². The third-order valence-electron chi connectivity index (χ3n) is 5.94. The molecule has 0 aliphatic carbocycles. The maximum atomic E-state index is 12.6. The number of rotatable bonds is 8. The first kappa shape index (κ1) is 23.2. The minimum atomic E-state index is -0.0470. The molecule has 0 bridgehead atoms. The van der Waals surface area contributed by atoms with Crippen LogP contribution < -0.4 is 14.8 Å². The van der Waals surface area contributed by atoms with Crippen LogP contribution in [-0.4, -0.2) is 39.7 Å². The number of carbonyl (C=O) groups is 1. The molecule has 1 N–H and O–H groups in total. The second-order valence-corrected chi connectivity index (χ2v) is 8.21. The molecule has 0 spiro atoms. The Morgan fingerprint density at radius 1 is 1.03 bits per heavy atom. The first-order chi connectivity index (χ1) is 16.4. The van der Waals surface area contributed by atoms with Crippen LogP contribution in [0.2, 0.25) is 0 Å². The molecule has 8 heteroatoms. The number of hydrogen-bond acceptors (Lipinski definition) is 6. The molecule has 0 radical (unpaired) electrons. The largest absolute Gasteiger partial charge is 0.497 e. The van der Waals surface area contributed by atoms with Crippen molar-refractivity contribution in [3.05, 3.63) is 71.0 Å². The van der Waals surface area contributed by atoms with Gasteiger partial charge in [-0.15, -0.1) is 5.10 Å². The molecule has 0 aliphatic heterocycles. The molecule has 0 unspecified atom stereocenters. The summed E-state index contributed by atoms with van der Waals surface area (Å²) in [7, 11) is 3.21. The van der Waals surface area contributed by atoms with E-state index in [0.717, 1.165) is 28.1 Å². The lowest BCUT2D eigenvalue weighted by Crippen LogP contribution is -2.27. The standard InChI is InChI=1S/C26H29N5O3/c1-16(19-9-7-6-8-10-19)27-24(32)12-11-23-17(2)28-26-29-25(30-31(26)18(23)3)20-13-21(33-4)15-22(14-20)34-5/h6-10,13-16H,11-12H2,1-5H3,(H,27,32)/t16-/m0/s1. The number of amides is 1. The van der Waals surface area contributed by atoms with E-state index in [1.54, 1.807) is 24.8 Å². The topological polar surface area (TPSA) is 90.6 Å². The smallest absolute Gasteiger partial charge is 0.253 e. The Hall–Kier alpha value is -3.94. The lowest BCUT2D eigenvalue weighted by molar-refractivity contribution is -0.121. The summed E-state index contributed by atoms with van der Waals surface area (Å²) in [4.78, 5) is 21.9. The van der Waals surface area contributed by atoms with E-state index >= 15 is 0 Å². The van der Waals surface area contributed by atoms with Gasteiger partial charge in [0.05, 0.1) is 20.3 Å². The van der Waals surface area contributed by atoms with E-state index in [4.69, 9.17) is 9.47 Å². The molecule has 1 amide bonds. The number of nitrogens with zero attached hydrogens (tertiary/aromatic N) is 4. The van der Waals surface area contributed by atoms with Crippen LogP contribution in [0.3, 0.4) is 0 Å². The summed E-state index contributed by atoms with van der Waals surface area (Å²) in [6, 6.07) is 15.4. The molecule has 2 aromatic heterocycles. The van der Waals surface area contributed by atoms with Gasteiger partial charge in [-0.3, -0.25) is 4.79 Å². The zero-order valence-corrected chi connectivity index (χ0v) is 20.1. The molecule has 176 valence electrons. The molecular formula is C26H29N5O3. The number of aryl methyl sites for hydroxylation is 2. The Kier molecular flexibility index (Phi) is 6.77. The number of hydrogen-bond donors (Lipinski definition) is 1. The van der Waals surface area contributed by atoms with Gasteiger partial charge in [0.2, 0.25) is 5.91 Å². The average molecular weight is 460 g/mol. The summed E-state index contributed by atoms with van der Waals surface area (Å²) in [6.45, 7) is 5.91. The van der Waals surface area contributed by atoms with Crippen LogP contribution in [0.5, 0.6) is 11.5 Å². The van der Waals surface area contributed by atoms with Crippen molar-refractivity contribution in [2.24, 2.45) is 0 Å². The predicted molar refractivity (Wildman–Crippen MR) is 130 cm³/mol. The number of methoxy groups -OCH3 is 2. The number of fused-ring (bicyclic) bond motifs is 1. The van der Waals surface area contributed by atoms with Crippen molar-refractivity contribution in [3.63, 3.8) is 0 Å². The SMILES string of the molecule is COc1cc(OC)cc(-c2nc3nc(C)c(CCC(=O)N[C@@H](C)c4ccccc4)c(C)n3n2)c1. The highest BCUT2D eigenvalue weighted by Gasteiger charge is 2.17. The van der Waals surface area contributed by atoms with Crippen LogP contribution in [0.25, 0.3) is 17.2 Å². The van der Waals surface area contributed by atoms with Gasteiger partial charge in [0, 0.05) is 29.4 Å². The third kappa shape index (κ3) is 4.85. The first-order valence-corrected chi connectivity index (χ1v) is 11.2. The molecule has 4 aromatic rings. The molecule has 4 rings (SSSR count). The second kappa shape index (κ2) is 9.91. The molecular weight excluding hydrogens is 430 g/mol. The summed E-state index contributed by atoms with van der Waals surface area (Å²) in [5, 5.41) is 7.75. The molecule has 0 aliphatic rings. The monoisotopic (exact) mass is 459 g/mol. The van der Waals surface area contributed by atoms with Crippen LogP contribution in [0.1, 0.15) is 41.9 Å². The number of ether oxygens (including phenoxy) is 2. The third-order valence-corrected chi connectivity index (χ3v) is 5.94. The van der Waals surface area contributed by atoms with Crippen LogP contribution >= 0.6 is 0 Å². The summed E-state index contributed by atoms with van der Waals surface area (Å²) in [6.07, 6.45) is 0.927. The van der Waals surface area contributed by atoms with Gasteiger partial charge in [-0.1, -0.05) is 30.3 Å². The summed E-state index contributed by atoms with van der Waals surface area (Å²) in [5.41, 5.74) is 4.61. The van der Waals surface area contributed by atoms with E-state index in [9.17, 15) is 4.79 Å². The molecule has 8 nitrogen and oxygen atoms in total. The molecule has 0 saturated heterocycles. The van der Waals surface area contributed by atoms with Crippen molar-refractivity contribution in [2.45, 2.75) is 39.7 Å². The number of aromatic nitrogens is 4. The van der Waals surface area contributed by atoms with Gasteiger partial charge in [-0.2, -0.15) is 4.98 Å². The van der Waals surface area contributed by atoms with Crippen LogP contribution in [0.15, 0.2) is 48.5 Å². The van der Waals surface area contributed by atoms with Gasteiger partial charge in [-0.25, -0.2) is 9.50 Å². The maximum absolute atomic E-state index is 12.6. The molecule has 0 saturated carbocycles. The van der Waals surface area contributed by atoms with E-state index in [-0.39, 0.29) is 11.9 Å². The Morgan fingerprint density at radius 3 is 2.35 bits per heavy atom. The van der Waals surface area contributed by atoms with Crippen molar-refractivity contribution in [1.82, 2.24) is 24.9 Å². The van der Waals surface area contributed by atoms with Gasteiger partial charge >= 0.3 is 0 Å². The van der Waals surface area contributed by atoms with Crippen molar-refractivity contribution < 1.29 is 14.3 Å². The fourth-order valence-corrected chi connectivity index (χ4v) is 4.01. The van der Waals surface area contributed by atoms with Gasteiger partial charge < -0.3 is 14.8 Å². The minimum Gasteiger partial charge on any atom is -0.497 e. The van der Waals surface area contributed by atoms with Gasteiger partial charge in [0.25, 0.3) is 5.78 Å². The Balaban J connectivity index is 1.55. The molecule has 34 heavy (non-hydrogen) atoms. The van der Waals surface area contributed by atoms with E-state index < -0.39 is 0 Å². The molecule has 1 atom stereocenters. The Labute approximate surface area is 199 Å². The lowest BCUT2D eigenvalue weighted by Gasteiger charge is -2.15. The fraction of sp³-hybridized carbons (Fsp3) is 0.308. The molecule has 2 aromatic carbocycles.